The minimum Gasteiger partial charge on any atom is -0.477 e. The van der Waals surface area contributed by atoms with Crippen LogP contribution < -0.4 is 16.1 Å². The number of carboxylic acids is 1. The Morgan fingerprint density at radius 3 is 2.24 bits per heavy atom. The highest BCUT2D eigenvalue weighted by Gasteiger charge is 2.54. The summed E-state index contributed by atoms with van der Waals surface area (Å²) in [4.78, 5) is 56.3. The van der Waals surface area contributed by atoms with Crippen molar-refractivity contribution < 1.29 is 73.1 Å². The maximum atomic E-state index is 14.6. The predicted octanol–water partition coefficient (Wildman–Crippen LogP) is 3.58. The van der Waals surface area contributed by atoms with Gasteiger partial charge in [-0.05, 0) is 120 Å². The number of aryl methyl sites for hydroxylation is 1. The number of aromatic carboxylic acids is 1. The molecule has 7 N–H and O–H groups in total. The molecular weight excluding hydrogens is 987 g/mol. The minimum absolute atomic E-state index is 0.0259. The highest BCUT2D eigenvalue weighted by Crippen LogP contribution is 2.41. The summed E-state index contributed by atoms with van der Waals surface area (Å²) in [7, 11) is 7.07. The number of benzene rings is 1. The normalized spacial score (nSPS) is 37.5. The highest BCUT2D eigenvalue weighted by molar-refractivity contribution is 5.93. The standard InChI is InChI=1S/C55H91N5O16/c1-16-41-55(11,69)47(64)34(7)59(14)28-30(3)26-53(9,68)48(76-52-45(63)40(58(12)13)24-31(4)71-52)32(5)46(33(6)51(67)73-41)75-43-27-54(10,70-15)49(35(8)72-43)74-42(61)20-21-56-22-23-57-36-18-19-37-39(25-36)60(17-2)29-38(44(37)62)50(65)66/h18-19,25,29-35,40-41,43,45-49,52,56-57,63-64,68-69H,16-17,20-24,26-28H2,1-15H3,(H,65,66)/t30-,31-,32+,33-,34-,35+,40+,41-,43+,45-,46+,47-,48-,49+,52+,53-,54-,55-/m1/s1. The third-order valence-corrected chi connectivity index (χ3v) is 16.2. The molecule has 3 aliphatic heterocycles. The molecule has 0 bridgehead atoms. The van der Waals surface area contributed by atoms with Crippen LogP contribution in [0, 0.1) is 17.8 Å². The second-order valence-electron chi connectivity index (χ2n) is 22.8. The van der Waals surface area contributed by atoms with Crippen molar-refractivity contribution >= 4 is 34.5 Å². The van der Waals surface area contributed by atoms with Gasteiger partial charge in [0.1, 0.15) is 35.1 Å². The molecule has 21 nitrogen and oxygen atoms in total. The van der Waals surface area contributed by atoms with Crippen molar-refractivity contribution in [2.24, 2.45) is 17.8 Å². The van der Waals surface area contributed by atoms with E-state index in [0.29, 0.717) is 50.0 Å². The second-order valence-corrected chi connectivity index (χ2v) is 22.8. The Balaban J connectivity index is 1.34. The fraction of sp³-hybridized carbons (Fsp3) is 0.782. The minimum atomic E-state index is -1.86. The Morgan fingerprint density at radius 1 is 0.934 bits per heavy atom. The molecule has 5 rings (SSSR count). The number of anilines is 1. The van der Waals surface area contributed by atoms with Crippen molar-refractivity contribution in [1.82, 2.24) is 19.7 Å². The molecular formula is C55H91N5O16. The third-order valence-electron chi connectivity index (χ3n) is 16.2. The summed E-state index contributed by atoms with van der Waals surface area (Å²) in [6, 6.07) is 4.22. The molecule has 21 heteroatoms. The van der Waals surface area contributed by atoms with Gasteiger partial charge in [-0.1, -0.05) is 20.8 Å². The molecule has 3 fully saturated rings. The number of aliphatic hydroxyl groups is 4. The first-order valence-electron chi connectivity index (χ1n) is 27.1. The second kappa shape index (κ2) is 26.4. The highest BCUT2D eigenvalue weighted by atomic mass is 16.7. The summed E-state index contributed by atoms with van der Waals surface area (Å²) in [6.45, 7) is 21.5. The van der Waals surface area contributed by atoms with Gasteiger partial charge in [-0.25, -0.2) is 4.79 Å². The number of pyridine rings is 1. The van der Waals surface area contributed by atoms with Crippen LogP contribution in [-0.4, -0.2) is 203 Å². The Morgan fingerprint density at radius 2 is 1.62 bits per heavy atom. The largest absolute Gasteiger partial charge is 0.477 e. The molecule has 0 radical (unpaired) electrons. The average molecular weight is 1080 g/mol. The van der Waals surface area contributed by atoms with Crippen molar-refractivity contribution in [1.29, 1.82) is 0 Å². The van der Waals surface area contributed by atoms with E-state index in [-0.39, 0.29) is 49.3 Å². The van der Waals surface area contributed by atoms with Crippen LogP contribution in [0.2, 0.25) is 0 Å². The lowest BCUT2D eigenvalue weighted by Crippen LogP contribution is -2.61. The first-order valence-corrected chi connectivity index (χ1v) is 27.1. The van der Waals surface area contributed by atoms with Gasteiger partial charge in [0.2, 0.25) is 5.43 Å². The summed E-state index contributed by atoms with van der Waals surface area (Å²) < 4.78 is 46.6. The number of nitrogens with one attached hydrogen (secondary N) is 2. The summed E-state index contributed by atoms with van der Waals surface area (Å²) in [5.74, 6) is -4.64. The number of cyclic esters (lactones) is 1. The molecule has 2 aromatic rings. The van der Waals surface area contributed by atoms with E-state index in [1.54, 1.807) is 71.2 Å². The molecule has 1 aromatic heterocycles. The van der Waals surface area contributed by atoms with Crippen molar-refractivity contribution in [3.8, 4) is 0 Å². The molecule has 4 heterocycles. The number of fused-ring (bicyclic) bond motifs is 1. The van der Waals surface area contributed by atoms with Gasteiger partial charge >= 0.3 is 17.9 Å². The lowest BCUT2D eigenvalue weighted by molar-refractivity contribution is -0.318. The number of esters is 2. The van der Waals surface area contributed by atoms with Crippen LogP contribution in [0.5, 0.6) is 0 Å². The van der Waals surface area contributed by atoms with Gasteiger partial charge in [-0.3, -0.25) is 14.4 Å². The van der Waals surface area contributed by atoms with Gasteiger partial charge < -0.3 is 83.7 Å². The first-order chi connectivity index (χ1) is 35.5. The first kappa shape index (κ1) is 63.0. The number of likely N-dealkylation sites (N-methyl/N-ethyl adjacent to an activating group) is 2. The summed E-state index contributed by atoms with van der Waals surface area (Å²) in [5, 5.41) is 64.4. The van der Waals surface area contributed by atoms with Crippen molar-refractivity contribution in [3.05, 3.63) is 40.2 Å². The van der Waals surface area contributed by atoms with Crippen LogP contribution in [0.1, 0.15) is 119 Å². The third kappa shape index (κ3) is 14.7. The van der Waals surface area contributed by atoms with Crippen molar-refractivity contribution in [2.75, 3.05) is 59.7 Å². The fourth-order valence-electron chi connectivity index (χ4n) is 11.7. The summed E-state index contributed by atoms with van der Waals surface area (Å²) in [5.41, 5.74) is -4.13. The Labute approximate surface area is 448 Å². The van der Waals surface area contributed by atoms with Gasteiger partial charge in [0.05, 0.1) is 47.9 Å². The topological polar surface area (TPSA) is 270 Å². The van der Waals surface area contributed by atoms with E-state index in [0.717, 1.165) is 5.69 Å². The molecule has 0 spiro atoms. The average Bonchev–Trinajstić information content (AvgIpc) is 3.35. The van der Waals surface area contributed by atoms with Crippen LogP contribution >= 0.6 is 0 Å². The number of hydrogen-bond acceptors (Lipinski definition) is 19. The van der Waals surface area contributed by atoms with Gasteiger partial charge in [-0.15, -0.1) is 0 Å². The fourth-order valence-corrected chi connectivity index (χ4v) is 11.7. The number of ether oxygens (including phenoxy) is 7. The molecule has 1 aromatic carbocycles. The van der Waals surface area contributed by atoms with E-state index >= 15 is 0 Å². The maximum absolute atomic E-state index is 14.6. The van der Waals surface area contributed by atoms with E-state index < -0.39 is 113 Å². The van der Waals surface area contributed by atoms with E-state index in [9.17, 15) is 44.7 Å². The zero-order valence-electron chi connectivity index (χ0n) is 47.6. The smallest absolute Gasteiger partial charge is 0.341 e. The number of methoxy groups -OCH3 is 1. The predicted molar refractivity (Wildman–Crippen MR) is 285 cm³/mol. The SMILES string of the molecule is CC[C@H]1OC(=O)[C@H](C)[C@@H](O[C@H]2C[C@@](C)(OC)[C@@H](OC(=O)CCNCCNc3ccc4c(=O)c(C(=O)O)cn(CC)c4c3)[C@H](C)O2)[C@H](C)[C@@H](O[C@@H]2O[C@H](C)C[C@H](N(C)C)[C@H]2O)[C@](C)(O)C[C@@H](C)CN(C)[C@H](C)[C@@H](O)[C@]1(C)O. The number of aliphatic hydroxyl groups excluding tert-OH is 2. The molecule has 18 atom stereocenters. The quantitative estimate of drug-likeness (QED) is 0.0882. The van der Waals surface area contributed by atoms with Gasteiger partial charge in [0.25, 0.3) is 0 Å². The zero-order valence-corrected chi connectivity index (χ0v) is 47.6. The van der Waals surface area contributed by atoms with Crippen molar-refractivity contribution in [2.45, 2.75) is 205 Å². The summed E-state index contributed by atoms with van der Waals surface area (Å²) in [6.07, 6.45) is -7.69. The molecule has 76 heavy (non-hydrogen) atoms. The molecule has 3 aliphatic rings. The van der Waals surface area contributed by atoms with E-state index in [1.165, 1.54) is 20.2 Å². The maximum Gasteiger partial charge on any atom is 0.341 e. The molecule has 3 saturated heterocycles. The van der Waals surface area contributed by atoms with Gasteiger partial charge in [0, 0.05) is 81.5 Å². The number of rotatable bonds is 17. The lowest BCUT2D eigenvalue weighted by Gasteiger charge is -2.49. The molecule has 0 saturated carbocycles. The van der Waals surface area contributed by atoms with Crippen LogP contribution in [0.4, 0.5) is 5.69 Å². The molecule has 0 aliphatic carbocycles. The van der Waals surface area contributed by atoms with Gasteiger partial charge in [0.15, 0.2) is 18.7 Å². The zero-order chi connectivity index (χ0) is 56.8. The Hall–Kier alpha value is -3.84. The number of carbonyl (C=O) groups is 3. The van der Waals surface area contributed by atoms with Crippen LogP contribution in [0.25, 0.3) is 10.9 Å². The van der Waals surface area contributed by atoms with Gasteiger partial charge in [-0.2, -0.15) is 0 Å². The summed E-state index contributed by atoms with van der Waals surface area (Å²) >= 11 is 0. The number of carboxylic acid groups (broad SMARTS) is 1. The number of aromatic nitrogens is 1. The lowest BCUT2D eigenvalue weighted by atomic mass is 9.77. The molecule has 0 amide bonds. The van der Waals surface area contributed by atoms with Crippen LogP contribution in [0.15, 0.2) is 29.2 Å². The molecule has 0 unspecified atom stereocenters. The van der Waals surface area contributed by atoms with E-state index in [4.69, 9.17) is 33.2 Å². The Kier molecular flexibility index (Phi) is 21.9. The van der Waals surface area contributed by atoms with Crippen molar-refractivity contribution in [3.63, 3.8) is 0 Å². The monoisotopic (exact) mass is 1080 g/mol. The van der Waals surface area contributed by atoms with Crippen LogP contribution in [0.3, 0.4) is 0 Å². The number of carbonyl (C=O) groups excluding carboxylic acids is 2. The molecule has 432 valence electrons. The number of hydrogen-bond donors (Lipinski definition) is 7. The van der Waals surface area contributed by atoms with E-state index in [2.05, 4.69) is 10.6 Å². The Bertz CT molecular complexity index is 2310. The van der Waals surface area contributed by atoms with E-state index in [1.807, 2.05) is 51.7 Å². The number of nitrogens with zero attached hydrogens (tertiary/aromatic N) is 3. The van der Waals surface area contributed by atoms with Crippen LogP contribution in [-0.2, 0) is 49.3 Å².